The molecule has 3 nitrogen and oxygen atoms in total. The second kappa shape index (κ2) is 2.61. The van der Waals surface area contributed by atoms with E-state index in [9.17, 15) is 0 Å². The van der Waals surface area contributed by atoms with Crippen molar-refractivity contribution in [2.45, 2.75) is 0 Å². The van der Waals surface area contributed by atoms with E-state index in [4.69, 9.17) is 0 Å². The van der Waals surface area contributed by atoms with Gasteiger partial charge in [-0.15, -0.1) is 0 Å². The second-order valence-corrected chi connectivity index (χ2v) is 1.87. The molecule has 0 N–H and O–H groups in total. The zero-order valence-electron chi connectivity index (χ0n) is 3.74. The summed E-state index contributed by atoms with van der Waals surface area (Å²) in [5, 5.41) is 2.74. The highest BCUT2D eigenvalue weighted by atomic mass is 32.1. The Kier molecular flexibility index (Phi) is 1.80. The van der Waals surface area contributed by atoms with E-state index in [-0.39, 0.29) is 0 Å². The lowest BCUT2D eigenvalue weighted by Crippen LogP contribution is -1.52. The summed E-state index contributed by atoms with van der Waals surface area (Å²) < 4.78 is 3.69. The highest BCUT2D eigenvalue weighted by Gasteiger charge is 1.85. The molecule has 0 amide bonds. The van der Waals surface area contributed by atoms with Gasteiger partial charge in [0.2, 0.25) is 5.13 Å². The molecule has 0 radical (unpaired) electrons. The monoisotopic (exact) mass is 143 g/mol. The van der Waals surface area contributed by atoms with Crippen LogP contribution in [-0.2, 0) is 0 Å². The van der Waals surface area contributed by atoms with Gasteiger partial charge in [-0.25, -0.2) is 4.98 Å². The molecule has 1 rings (SSSR count). The van der Waals surface area contributed by atoms with Crippen molar-refractivity contribution in [3.05, 3.63) is 6.33 Å². The third-order valence-corrected chi connectivity index (χ3v) is 1.14. The number of rotatable bonds is 1. The van der Waals surface area contributed by atoms with Crippen LogP contribution in [0, 0.1) is 0 Å². The molecule has 8 heavy (non-hydrogen) atoms. The van der Waals surface area contributed by atoms with E-state index in [2.05, 4.69) is 31.7 Å². The third-order valence-electron chi connectivity index (χ3n) is 0.491. The quantitative estimate of drug-likeness (QED) is 0.439. The van der Waals surface area contributed by atoms with E-state index in [1.807, 2.05) is 0 Å². The molecule has 0 aliphatic heterocycles. The highest BCUT2D eigenvalue weighted by Crippen LogP contribution is 2.08. The second-order valence-electron chi connectivity index (χ2n) is 0.927. The Morgan fingerprint density at radius 1 is 1.88 bits per heavy atom. The van der Waals surface area contributed by atoms with Crippen molar-refractivity contribution in [2.75, 3.05) is 0 Å². The van der Waals surface area contributed by atoms with Crippen molar-refractivity contribution in [1.82, 2.24) is 9.36 Å². The number of isothiocyanates is 1. The minimum atomic E-state index is 0.556. The number of nitrogens with zero attached hydrogens (tertiary/aromatic N) is 3. The Morgan fingerprint density at radius 3 is 3.25 bits per heavy atom. The molecule has 0 aliphatic carbocycles. The summed E-state index contributed by atoms with van der Waals surface area (Å²) in [7, 11) is 0. The van der Waals surface area contributed by atoms with Gasteiger partial charge in [-0.05, 0) is 12.2 Å². The fourth-order valence-electron chi connectivity index (χ4n) is 0.256. The smallest absolute Gasteiger partial charge is 0.205 e. The van der Waals surface area contributed by atoms with Crippen molar-refractivity contribution in [3.63, 3.8) is 0 Å². The summed E-state index contributed by atoms with van der Waals surface area (Å²) in [4.78, 5) is 7.29. The number of hydrogen-bond acceptors (Lipinski definition) is 5. The van der Waals surface area contributed by atoms with Crippen LogP contribution in [0.2, 0.25) is 0 Å². The summed E-state index contributed by atoms with van der Waals surface area (Å²) >= 11 is 5.51. The molecule has 0 aromatic carbocycles. The van der Waals surface area contributed by atoms with E-state index in [0.717, 1.165) is 0 Å². The predicted molar refractivity (Wildman–Crippen MR) is 34.6 cm³/mol. The Balaban J connectivity index is 2.93. The van der Waals surface area contributed by atoms with Gasteiger partial charge in [-0.1, -0.05) is 0 Å². The first-order valence-electron chi connectivity index (χ1n) is 1.78. The molecule has 40 valence electrons. The Morgan fingerprint density at radius 2 is 2.75 bits per heavy atom. The maximum absolute atomic E-state index is 4.32. The molecule has 0 bridgehead atoms. The molecule has 1 heterocycles. The minimum absolute atomic E-state index is 0.556. The molecule has 1 aromatic rings. The van der Waals surface area contributed by atoms with E-state index in [1.54, 1.807) is 0 Å². The topological polar surface area (TPSA) is 38.1 Å². The lowest BCUT2D eigenvalue weighted by molar-refractivity contribution is 1.31. The van der Waals surface area contributed by atoms with E-state index < -0.39 is 0 Å². The molecule has 1 aromatic heterocycles. The molecular weight excluding hydrogens is 142 g/mol. The minimum Gasteiger partial charge on any atom is -0.205 e. The van der Waals surface area contributed by atoms with Crippen molar-refractivity contribution >= 4 is 34.0 Å². The zero-order chi connectivity index (χ0) is 5.82. The average molecular weight is 143 g/mol. The van der Waals surface area contributed by atoms with Crippen LogP contribution in [0.4, 0.5) is 5.13 Å². The van der Waals surface area contributed by atoms with Crippen LogP contribution in [0.5, 0.6) is 0 Å². The average Bonchev–Trinajstić information content (AvgIpc) is 2.19. The summed E-state index contributed by atoms with van der Waals surface area (Å²) in [5.41, 5.74) is 0. The Labute approximate surface area is 55.3 Å². The molecule has 0 aliphatic rings. The van der Waals surface area contributed by atoms with Crippen molar-refractivity contribution in [2.24, 2.45) is 4.99 Å². The maximum Gasteiger partial charge on any atom is 0.237 e. The van der Waals surface area contributed by atoms with E-state index in [1.165, 1.54) is 17.9 Å². The summed E-state index contributed by atoms with van der Waals surface area (Å²) in [6, 6.07) is 0. The van der Waals surface area contributed by atoms with Crippen LogP contribution < -0.4 is 0 Å². The highest BCUT2D eigenvalue weighted by molar-refractivity contribution is 7.78. The summed E-state index contributed by atoms with van der Waals surface area (Å²) in [5.74, 6) is 0. The van der Waals surface area contributed by atoms with Gasteiger partial charge in [0.15, 0.2) is 0 Å². The van der Waals surface area contributed by atoms with Gasteiger partial charge in [-0.3, -0.25) is 0 Å². The number of aromatic nitrogens is 2. The first-order chi connectivity index (χ1) is 3.93. The van der Waals surface area contributed by atoms with E-state index >= 15 is 0 Å². The fraction of sp³-hybridized carbons (Fsp3) is 0. The van der Waals surface area contributed by atoms with Gasteiger partial charge >= 0.3 is 0 Å². The SMILES string of the molecule is S=C=Nc1ncns1. The van der Waals surface area contributed by atoms with Crippen LogP contribution in [-0.4, -0.2) is 14.5 Å². The standard InChI is InChI=1S/C3HN3S2/c7-2-5-3-4-1-6-8-3/h1H. The van der Waals surface area contributed by atoms with E-state index in [0.29, 0.717) is 5.13 Å². The van der Waals surface area contributed by atoms with Crippen LogP contribution >= 0.6 is 23.8 Å². The molecule has 0 saturated carbocycles. The largest absolute Gasteiger partial charge is 0.237 e. The molecule has 0 spiro atoms. The molecule has 0 saturated heterocycles. The van der Waals surface area contributed by atoms with Crippen molar-refractivity contribution < 1.29 is 0 Å². The maximum atomic E-state index is 4.32. The van der Waals surface area contributed by atoms with Crippen LogP contribution in [0.1, 0.15) is 0 Å². The summed E-state index contributed by atoms with van der Waals surface area (Å²) in [6.07, 6.45) is 1.43. The van der Waals surface area contributed by atoms with Gasteiger partial charge < -0.3 is 0 Å². The van der Waals surface area contributed by atoms with Gasteiger partial charge in [0.1, 0.15) is 6.33 Å². The zero-order valence-corrected chi connectivity index (χ0v) is 5.37. The van der Waals surface area contributed by atoms with Crippen molar-refractivity contribution in [1.29, 1.82) is 0 Å². The lowest BCUT2D eigenvalue weighted by Gasteiger charge is -1.66. The van der Waals surface area contributed by atoms with Crippen LogP contribution in [0.25, 0.3) is 0 Å². The van der Waals surface area contributed by atoms with Gasteiger partial charge in [0.05, 0.1) is 5.16 Å². The molecule has 0 fully saturated rings. The normalized spacial score (nSPS) is 8.00. The van der Waals surface area contributed by atoms with Gasteiger partial charge in [0.25, 0.3) is 0 Å². The first kappa shape index (κ1) is 5.50. The van der Waals surface area contributed by atoms with Crippen LogP contribution in [0.15, 0.2) is 11.3 Å². The van der Waals surface area contributed by atoms with Gasteiger partial charge in [-0.2, -0.15) is 9.37 Å². The molecular formula is C3HN3S2. The van der Waals surface area contributed by atoms with Gasteiger partial charge in [0, 0.05) is 11.5 Å². The Bertz CT molecular complexity index is 198. The molecule has 0 atom stereocenters. The first-order valence-corrected chi connectivity index (χ1v) is 2.96. The number of aliphatic imine (C=N–C) groups is 1. The molecule has 0 unspecified atom stereocenters. The predicted octanol–water partition coefficient (Wildman–Crippen LogP) is 1.27. The van der Waals surface area contributed by atoms with Crippen LogP contribution in [0.3, 0.4) is 0 Å². The fourth-order valence-corrected chi connectivity index (χ4v) is 0.769. The lowest BCUT2D eigenvalue weighted by atomic mass is 11.2. The Hall–Kier alpha value is -0.640. The number of thiocarbonyl (C=S) groups is 1. The number of hydrogen-bond donors (Lipinski definition) is 0. The molecule has 5 heteroatoms. The summed E-state index contributed by atoms with van der Waals surface area (Å²) in [6.45, 7) is 0. The third kappa shape index (κ3) is 1.16. The van der Waals surface area contributed by atoms with Crippen molar-refractivity contribution in [3.8, 4) is 0 Å².